The molecule has 1 nitrogen and oxygen atoms in total. The Hall–Kier alpha value is -0.560. The van der Waals surface area contributed by atoms with Gasteiger partial charge in [-0.05, 0) is 20.0 Å². The van der Waals surface area contributed by atoms with E-state index in [0.29, 0.717) is 0 Å². The molecule has 0 saturated carbocycles. The number of hydrogen-bond donors (Lipinski definition) is 1. The fraction of sp³-hybridized carbons (Fsp3) is 0.429. The Balaban J connectivity index is 3.11. The second-order valence-corrected chi connectivity index (χ2v) is 1.72. The van der Waals surface area contributed by atoms with Gasteiger partial charge in [0.05, 0.1) is 0 Å². The Kier molecular flexibility index (Phi) is 4.27. The van der Waals surface area contributed by atoms with Crippen molar-refractivity contribution in [3.05, 3.63) is 24.8 Å². The Morgan fingerprint density at radius 3 is 2.75 bits per heavy atom. The SMILES string of the molecule is C=CC(=C)CCNC. The number of nitrogens with one attached hydrogen (secondary N) is 1. The molecule has 0 spiro atoms. The van der Waals surface area contributed by atoms with E-state index in [1.165, 1.54) is 0 Å². The maximum absolute atomic E-state index is 3.75. The minimum Gasteiger partial charge on any atom is -0.319 e. The Labute approximate surface area is 51.1 Å². The molecule has 0 bridgehead atoms. The quantitative estimate of drug-likeness (QED) is 0.540. The van der Waals surface area contributed by atoms with Gasteiger partial charge in [0.15, 0.2) is 0 Å². The molecule has 0 fully saturated rings. The largest absolute Gasteiger partial charge is 0.319 e. The van der Waals surface area contributed by atoms with Crippen molar-refractivity contribution in [1.29, 1.82) is 0 Å². The molecule has 0 atom stereocenters. The summed E-state index contributed by atoms with van der Waals surface area (Å²) in [5, 5.41) is 3.02. The van der Waals surface area contributed by atoms with E-state index in [1.54, 1.807) is 6.08 Å². The van der Waals surface area contributed by atoms with Gasteiger partial charge in [0.2, 0.25) is 0 Å². The van der Waals surface area contributed by atoms with Crippen molar-refractivity contribution < 1.29 is 0 Å². The average Bonchev–Trinajstić information content (AvgIpc) is 1.83. The summed E-state index contributed by atoms with van der Waals surface area (Å²) in [6, 6.07) is 0. The summed E-state index contributed by atoms with van der Waals surface area (Å²) >= 11 is 0. The summed E-state index contributed by atoms with van der Waals surface area (Å²) in [6.45, 7) is 8.33. The van der Waals surface area contributed by atoms with Crippen LogP contribution in [0.2, 0.25) is 0 Å². The molecule has 0 aliphatic carbocycles. The zero-order valence-corrected chi connectivity index (χ0v) is 5.41. The highest BCUT2D eigenvalue weighted by Gasteiger charge is 1.82. The lowest BCUT2D eigenvalue weighted by molar-refractivity contribution is 0.795. The molecule has 8 heavy (non-hydrogen) atoms. The van der Waals surface area contributed by atoms with Crippen LogP contribution in [0.15, 0.2) is 24.8 Å². The minimum atomic E-state index is 0.991. The molecule has 0 aliphatic heterocycles. The van der Waals surface area contributed by atoms with Crippen LogP contribution in [0.1, 0.15) is 6.42 Å². The van der Waals surface area contributed by atoms with Gasteiger partial charge in [0.25, 0.3) is 0 Å². The fourth-order valence-electron chi connectivity index (χ4n) is 0.388. The van der Waals surface area contributed by atoms with Crippen molar-refractivity contribution in [1.82, 2.24) is 5.32 Å². The van der Waals surface area contributed by atoms with E-state index in [2.05, 4.69) is 18.5 Å². The molecule has 0 saturated heterocycles. The minimum absolute atomic E-state index is 0.991. The van der Waals surface area contributed by atoms with E-state index >= 15 is 0 Å². The molecular formula is C7H13N. The summed E-state index contributed by atoms with van der Waals surface area (Å²) in [7, 11) is 1.93. The zero-order chi connectivity index (χ0) is 6.41. The van der Waals surface area contributed by atoms with Crippen LogP contribution in [0.5, 0.6) is 0 Å². The first-order valence-corrected chi connectivity index (χ1v) is 2.76. The lowest BCUT2D eigenvalue weighted by atomic mass is 10.2. The van der Waals surface area contributed by atoms with E-state index in [4.69, 9.17) is 0 Å². The molecule has 0 heterocycles. The fourth-order valence-corrected chi connectivity index (χ4v) is 0.388. The van der Waals surface area contributed by atoms with Crippen molar-refractivity contribution in [2.45, 2.75) is 6.42 Å². The molecular weight excluding hydrogens is 98.1 g/mol. The third-order valence-corrected chi connectivity index (χ3v) is 0.985. The van der Waals surface area contributed by atoms with Crippen molar-refractivity contribution in [2.24, 2.45) is 0 Å². The highest BCUT2D eigenvalue weighted by molar-refractivity contribution is 5.10. The summed E-state index contributed by atoms with van der Waals surface area (Å²) in [6.07, 6.45) is 2.79. The molecule has 46 valence electrons. The second-order valence-electron chi connectivity index (χ2n) is 1.72. The first kappa shape index (κ1) is 7.44. The Morgan fingerprint density at radius 2 is 2.38 bits per heavy atom. The van der Waals surface area contributed by atoms with Crippen molar-refractivity contribution in [3.63, 3.8) is 0 Å². The molecule has 0 aromatic rings. The Bertz CT molecular complexity index is 84.4. The molecule has 1 N–H and O–H groups in total. The van der Waals surface area contributed by atoms with E-state index in [9.17, 15) is 0 Å². The molecule has 0 amide bonds. The van der Waals surface area contributed by atoms with E-state index in [1.807, 2.05) is 7.05 Å². The van der Waals surface area contributed by atoms with Gasteiger partial charge in [-0.25, -0.2) is 0 Å². The lowest BCUT2D eigenvalue weighted by Crippen LogP contribution is -2.07. The molecule has 1 heteroatoms. The van der Waals surface area contributed by atoms with E-state index in [0.717, 1.165) is 18.5 Å². The molecule has 0 aromatic heterocycles. The van der Waals surface area contributed by atoms with Crippen LogP contribution < -0.4 is 5.32 Å². The first-order valence-electron chi connectivity index (χ1n) is 2.76. The Morgan fingerprint density at radius 1 is 1.75 bits per heavy atom. The third-order valence-electron chi connectivity index (χ3n) is 0.985. The summed E-state index contributed by atoms with van der Waals surface area (Å²) < 4.78 is 0. The van der Waals surface area contributed by atoms with Crippen molar-refractivity contribution in [2.75, 3.05) is 13.6 Å². The summed E-state index contributed by atoms with van der Waals surface area (Å²) in [4.78, 5) is 0. The van der Waals surface area contributed by atoms with Crippen LogP contribution in [-0.4, -0.2) is 13.6 Å². The van der Waals surface area contributed by atoms with Gasteiger partial charge in [-0.3, -0.25) is 0 Å². The van der Waals surface area contributed by atoms with Crippen LogP contribution in [-0.2, 0) is 0 Å². The molecule has 0 rings (SSSR count). The van der Waals surface area contributed by atoms with E-state index < -0.39 is 0 Å². The monoisotopic (exact) mass is 111 g/mol. The van der Waals surface area contributed by atoms with Gasteiger partial charge < -0.3 is 5.32 Å². The standard InChI is InChI=1S/C7H13N/c1-4-7(2)5-6-8-3/h4,8H,1-2,5-6H2,3H3. The molecule has 0 radical (unpaired) electrons. The summed E-state index contributed by atoms with van der Waals surface area (Å²) in [5.74, 6) is 0. The molecule has 0 unspecified atom stereocenters. The van der Waals surface area contributed by atoms with Gasteiger partial charge in [0, 0.05) is 0 Å². The molecule has 0 aromatic carbocycles. The highest BCUT2D eigenvalue weighted by atomic mass is 14.8. The van der Waals surface area contributed by atoms with Crippen LogP contribution in [0.4, 0.5) is 0 Å². The topological polar surface area (TPSA) is 12.0 Å². The third kappa shape index (κ3) is 3.62. The highest BCUT2D eigenvalue weighted by Crippen LogP contribution is 1.94. The number of rotatable bonds is 4. The number of hydrogen-bond acceptors (Lipinski definition) is 1. The predicted molar refractivity (Wildman–Crippen MR) is 37.9 cm³/mol. The van der Waals surface area contributed by atoms with Crippen LogP contribution in [0, 0.1) is 0 Å². The zero-order valence-electron chi connectivity index (χ0n) is 5.41. The van der Waals surface area contributed by atoms with Gasteiger partial charge in [-0.15, -0.1) is 0 Å². The maximum atomic E-state index is 3.75. The molecule has 0 aliphatic rings. The first-order chi connectivity index (χ1) is 3.81. The maximum Gasteiger partial charge on any atom is -0.00116 e. The average molecular weight is 111 g/mol. The van der Waals surface area contributed by atoms with Gasteiger partial charge in [0.1, 0.15) is 0 Å². The summed E-state index contributed by atoms with van der Waals surface area (Å²) in [5.41, 5.74) is 1.10. The van der Waals surface area contributed by atoms with Gasteiger partial charge in [-0.2, -0.15) is 0 Å². The second kappa shape index (κ2) is 4.60. The van der Waals surface area contributed by atoms with Crippen LogP contribution in [0.25, 0.3) is 0 Å². The van der Waals surface area contributed by atoms with E-state index in [-0.39, 0.29) is 0 Å². The normalized spacial score (nSPS) is 8.62. The van der Waals surface area contributed by atoms with Crippen molar-refractivity contribution >= 4 is 0 Å². The predicted octanol–water partition coefficient (Wildman–Crippen LogP) is 1.34. The lowest BCUT2D eigenvalue weighted by Gasteiger charge is -1.95. The van der Waals surface area contributed by atoms with Crippen molar-refractivity contribution in [3.8, 4) is 0 Å². The van der Waals surface area contributed by atoms with Crippen LogP contribution >= 0.6 is 0 Å². The van der Waals surface area contributed by atoms with Crippen LogP contribution in [0.3, 0.4) is 0 Å². The smallest absolute Gasteiger partial charge is 0.00116 e. The van der Waals surface area contributed by atoms with Gasteiger partial charge >= 0.3 is 0 Å². The number of allylic oxidation sites excluding steroid dienone is 1. The van der Waals surface area contributed by atoms with Gasteiger partial charge in [-0.1, -0.05) is 24.8 Å².